The van der Waals surface area contributed by atoms with E-state index in [-0.39, 0.29) is 35.2 Å². The summed E-state index contributed by atoms with van der Waals surface area (Å²) in [5, 5.41) is 0. The summed E-state index contributed by atoms with van der Waals surface area (Å²) < 4.78 is 23.9. The van der Waals surface area contributed by atoms with Gasteiger partial charge < -0.3 is 18.9 Å². The molecule has 0 radical (unpaired) electrons. The second-order valence-corrected chi connectivity index (χ2v) is 10.8. The van der Waals surface area contributed by atoms with Crippen LogP contribution in [0.4, 0.5) is 0 Å². The van der Waals surface area contributed by atoms with E-state index < -0.39 is 18.0 Å². The number of benzene rings is 2. The van der Waals surface area contributed by atoms with Crippen LogP contribution in [0, 0.1) is 5.92 Å². The van der Waals surface area contributed by atoms with Crippen LogP contribution in [-0.4, -0.2) is 36.8 Å². The lowest BCUT2D eigenvalue weighted by Crippen LogP contribution is -2.40. The van der Waals surface area contributed by atoms with Gasteiger partial charge in [-0.15, -0.1) is 0 Å². The summed E-state index contributed by atoms with van der Waals surface area (Å²) in [6.45, 7) is 11.1. The number of hydrogen-bond acceptors (Lipinski definition) is 9. The molecule has 3 aromatic rings. The van der Waals surface area contributed by atoms with Crippen LogP contribution < -0.4 is 29.1 Å². The van der Waals surface area contributed by atoms with Gasteiger partial charge in [0.05, 0.1) is 35.6 Å². The average Bonchev–Trinajstić information content (AvgIpc) is 3.23. The molecule has 1 aliphatic rings. The number of esters is 2. The maximum atomic E-state index is 13.9. The number of allylic oxidation sites excluding steroid dienone is 1. The number of methoxy groups -OCH3 is 1. The molecule has 1 atom stereocenters. The zero-order chi connectivity index (χ0) is 29.7. The normalized spacial score (nSPS) is 14.8. The second kappa shape index (κ2) is 12.8. The number of nitrogens with zero attached hydrogens (tertiary/aromatic N) is 2. The molecule has 1 aromatic heterocycles. The van der Waals surface area contributed by atoms with E-state index in [0.29, 0.717) is 33.0 Å². The van der Waals surface area contributed by atoms with Crippen molar-refractivity contribution in [3.05, 3.63) is 97.2 Å². The van der Waals surface area contributed by atoms with E-state index in [1.807, 2.05) is 38.1 Å². The third kappa shape index (κ3) is 6.66. The first-order valence-corrected chi connectivity index (χ1v) is 13.8. The predicted octanol–water partition coefficient (Wildman–Crippen LogP) is 3.93. The summed E-state index contributed by atoms with van der Waals surface area (Å²) in [6.07, 6.45) is 3.42. The van der Waals surface area contributed by atoms with Crippen molar-refractivity contribution >= 4 is 29.4 Å². The van der Waals surface area contributed by atoms with Crippen molar-refractivity contribution in [2.75, 3.05) is 20.3 Å². The van der Waals surface area contributed by atoms with Crippen molar-refractivity contribution in [3.8, 4) is 17.2 Å². The van der Waals surface area contributed by atoms with Gasteiger partial charge in [0.2, 0.25) is 0 Å². The smallest absolute Gasteiger partial charge is 0.338 e. The van der Waals surface area contributed by atoms with Gasteiger partial charge in [0.1, 0.15) is 12.4 Å². The molecule has 0 saturated carbocycles. The lowest BCUT2D eigenvalue weighted by Gasteiger charge is -2.25. The molecule has 4 rings (SSSR count). The second-order valence-electron chi connectivity index (χ2n) is 9.75. The molecule has 0 bridgehead atoms. The summed E-state index contributed by atoms with van der Waals surface area (Å²) in [7, 11) is 1.45. The molecule has 2 heterocycles. The maximum absolute atomic E-state index is 13.9. The summed E-state index contributed by atoms with van der Waals surface area (Å²) in [5.74, 6) is 0.204. The topological polar surface area (TPSA) is 105 Å². The fraction of sp³-hybridized carbons (Fsp3) is 0.290. The van der Waals surface area contributed by atoms with Gasteiger partial charge in [-0.1, -0.05) is 56.0 Å². The molecule has 0 N–H and O–H groups in total. The van der Waals surface area contributed by atoms with Crippen molar-refractivity contribution in [3.63, 3.8) is 0 Å². The zero-order valence-electron chi connectivity index (χ0n) is 23.6. The van der Waals surface area contributed by atoms with E-state index in [4.69, 9.17) is 18.9 Å². The highest BCUT2D eigenvalue weighted by Gasteiger charge is 2.34. The Morgan fingerprint density at radius 2 is 1.95 bits per heavy atom. The number of carbonyl (C=O) groups excluding carboxylic acids is 2. The standard InChI is InChI=1S/C31H32N2O7S/c1-7-13-38-23-10-8-9-21(14-23)15-26-29(35)33-28(22-11-12-24(40-20(5)34)25(16-22)37-6)27(19(4)32-31(33)41-26)30(36)39-17-18(2)3/h7-12,14-16,18,28H,1,13,17H2,2-6H3/b26-15-/t28-/m1/s1. The van der Waals surface area contributed by atoms with Gasteiger partial charge in [-0.3, -0.25) is 14.2 Å². The Morgan fingerprint density at radius 3 is 2.63 bits per heavy atom. The van der Waals surface area contributed by atoms with Crippen LogP contribution in [0.2, 0.25) is 0 Å². The van der Waals surface area contributed by atoms with Gasteiger partial charge >= 0.3 is 11.9 Å². The molecular formula is C31H32N2O7S. The lowest BCUT2D eigenvalue weighted by molar-refractivity contribution is -0.140. The zero-order valence-corrected chi connectivity index (χ0v) is 24.4. The van der Waals surface area contributed by atoms with E-state index >= 15 is 0 Å². The minimum absolute atomic E-state index is 0.119. The summed E-state index contributed by atoms with van der Waals surface area (Å²) in [5.41, 5.74) is 1.70. The number of aromatic nitrogens is 1. The Bertz CT molecular complexity index is 1700. The van der Waals surface area contributed by atoms with Crippen LogP contribution >= 0.6 is 11.3 Å². The van der Waals surface area contributed by atoms with Crippen molar-refractivity contribution in [2.45, 2.75) is 33.7 Å². The molecule has 0 unspecified atom stereocenters. The van der Waals surface area contributed by atoms with Gasteiger partial charge in [-0.05, 0) is 54.3 Å². The number of ether oxygens (including phenoxy) is 4. The number of rotatable bonds is 10. The van der Waals surface area contributed by atoms with Gasteiger partial charge in [0, 0.05) is 6.92 Å². The fourth-order valence-electron chi connectivity index (χ4n) is 4.31. The van der Waals surface area contributed by atoms with E-state index in [0.717, 1.165) is 5.56 Å². The third-order valence-electron chi connectivity index (χ3n) is 6.07. The summed E-state index contributed by atoms with van der Waals surface area (Å²) in [4.78, 5) is 44.0. The van der Waals surface area contributed by atoms with Crippen LogP contribution in [0.3, 0.4) is 0 Å². The van der Waals surface area contributed by atoms with E-state index in [1.54, 1.807) is 37.3 Å². The SMILES string of the molecule is C=CCOc1cccc(/C=c2\sc3n(c2=O)[C@H](c2ccc(OC(C)=O)c(OC)c2)C(C(=O)OCC(C)C)=C(C)N=3)c1. The fourth-order valence-corrected chi connectivity index (χ4v) is 5.36. The monoisotopic (exact) mass is 576 g/mol. The first kappa shape index (κ1) is 29.5. The van der Waals surface area contributed by atoms with Gasteiger partial charge in [-0.25, -0.2) is 9.79 Å². The largest absolute Gasteiger partial charge is 0.493 e. The van der Waals surface area contributed by atoms with Crippen LogP contribution in [0.5, 0.6) is 17.2 Å². The Labute approximate surface area is 241 Å². The van der Waals surface area contributed by atoms with Crippen molar-refractivity contribution in [1.29, 1.82) is 0 Å². The van der Waals surface area contributed by atoms with Crippen LogP contribution in [0.25, 0.3) is 6.08 Å². The molecule has 9 nitrogen and oxygen atoms in total. The van der Waals surface area contributed by atoms with Gasteiger partial charge in [-0.2, -0.15) is 0 Å². The molecule has 214 valence electrons. The van der Waals surface area contributed by atoms with Crippen LogP contribution in [0.15, 0.2) is 76.2 Å². The minimum Gasteiger partial charge on any atom is -0.493 e. The molecular weight excluding hydrogens is 544 g/mol. The number of carbonyl (C=O) groups is 2. The quantitative estimate of drug-likeness (QED) is 0.205. The lowest BCUT2D eigenvalue weighted by atomic mass is 9.95. The molecule has 0 fully saturated rings. The molecule has 0 aliphatic carbocycles. The molecule has 2 aromatic carbocycles. The summed E-state index contributed by atoms with van der Waals surface area (Å²) >= 11 is 1.22. The highest BCUT2D eigenvalue weighted by Crippen LogP contribution is 2.36. The van der Waals surface area contributed by atoms with E-state index in [9.17, 15) is 14.4 Å². The maximum Gasteiger partial charge on any atom is 0.338 e. The number of fused-ring (bicyclic) bond motifs is 1. The third-order valence-corrected chi connectivity index (χ3v) is 7.05. The molecule has 0 saturated heterocycles. The first-order chi connectivity index (χ1) is 19.6. The average molecular weight is 577 g/mol. The van der Waals surface area contributed by atoms with Crippen molar-refractivity contribution < 1.29 is 28.5 Å². The van der Waals surface area contributed by atoms with Crippen molar-refractivity contribution in [2.24, 2.45) is 10.9 Å². The molecule has 0 amide bonds. The summed E-state index contributed by atoms with van der Waals surface area (Å²) in [6, 6.07) is 11.4. The van der Waals surface area contributed by atoms with Gasteiger partial charge in [0.15, 0.2) is 16.3 Å². The Balaban J connectivity index is 1.89. The molecule has 10 heteroatoms. The predicted molar refractivity (Wildman–Crippen MR) is 156 cm³/mol. The highest BCUT2D eigenvalue weighted by atomic mass is 32.1. The van der Waals surface area contributed by atoms with E-state index in [2.05, 4.69) is 11.6 Å². The van der Waals surface area contributed by atoms with Gasteiger partial charge in [0.25, 0.3) is 5.56 Å². The minimum atomic E-state index is -0.851. The number of hydrogen-bond donors (Lipinski definition) is 0. The number of thiazole rings is 1. The first-order valence-electron chi connectivity index (χ1n) is 13.0. The molecule has 41 heavy (non-hydrogen) atoms. The Morgan fingerprint density at radius 1 is 1.17 bits per heavy atom. The van der Waals surface area contributed by atoms with Crippen LogP contribution in [0.1, 0.15) is 44.9 Å². The van der Waals surface area contributed by atoms with E-state index in [1.165, 1.54) is 29.9 Å². The Hall–Kier alpha value is -4.44. The highest BCUT2D eigenvalue weighted by molar-refractivity contribution is 7.07. The van der Waals surface area contributed by atoms with Crippen LogP contribution in [-0.2, 0) is 14.3 Å². The molecule has 1 aliphatic heterocycles. The van der Waals surface area contributed by atoms with Crippen molar-refractivity contribution in [1.82, 2.24) is 4.57 Å². The Kier molecular flexibility index (Phi) is 9.24. The molecule has 0 spiro atoms.